The average Bonchev–Trinajstić information content (AvgIpc) is 2.20. The van der Waals surface area contributed by atoms with Crippen LogP contribution in [0.25, 0.3) is 0 Å². The van der Waals surface area contributed by atoms with E-state index in [0.717, 1.165) is 6.42 Å². The number of rotatable bonds is 7. The fourth-order valence-electron chi connectivity index (χ4n) is 0.986. The first-order chi connectivity index (χ1) is 7.06. The Morgan fingerprint density at radius 3 is 2.07 bits per heavy atom. The lowest BCUT2D eigenvalue weighted by Crippen LogP contribution is -2.30. The van der Waals surface area contributed by atoms with Crippen molar-refractivity contribution >= 4 is 11.8 Å². The molecule has 0 aromatic rings. The zero-order valence-electron chi connectivity index (χ0n) is 9.93. The van der Waals surface area contributed by atoms with Crippen molar-refractivity contribution in [2.75, 3.05) is 13.1 Å². The lowest BCUT2D eigenvalue weighted by atomic mass is 10.2. The third kappa shape index (κ3) is 9.25. The number of carbonyl (C=O) groups excluding carboxylic acids is 2. The van der Waals surface area contributed by atoms with E-state index >= 15 is 0 Å². The average molecular weight is 214 g/mol. The van der Waals surface area contributed by atoms with E-state index in [2.05, 4.69) is 10.6 Å². The first kappa shape index (κ1) is 13.9. The number of amides is 2. The molecule has 0 bridgehead atoms. The summed E-state index contributed by atoms with van der Waals surface area (Å²) in [6.45, 7) is 7.43. The Balaban J connectivity index is 3.49. The van der Waals surface area contributed by atoms with Crippen molar-refractivity contribution in [1.82, 2.24) is 10.6 Å². The summed E-state index contributed by atoms with van der Waals surface area (Å²) in [7, 11) is 0. The maximum atomic E-state index is 11.2. The van der Waals surface area contributed by atoms with Crippen LogP contribution in [0, 0.1) is 5.92 Å². The number of carbonyl (C=O) groups is 2. The number of hydrogen-bond acceptors (Lipinski definition) is 2. The van der Waals surface area contributed by atoms with Gasteiger partial charge in [0, 0.05) is 25.9 Å². The summed E-state index contributed by atoms with van der Waals surface area (Å²) in [6.07, 6.45) is 1.48. The molecule has 2 amide bonds. The van der Waals surface area contributed by atoms with Crippen molar-refractivity contribution in [3.05, 3.63) is 0 Å². The van der Waals surface area contributed by atoms with E-state index in [1.807, 2.05) is 20.8 Å². The molecule has 0 saturated heterocycles. The predicted molar refractivity (Wildman–Crippen MR) is 60.4 cm³/mol. The third-order valence-electron chi connectivity index (χ3n) is 1.86. The topological polar surface area (TPSA) is 58.2 Å². The maximum Gasteiger partial charge on any atom is 0.220 e. The zero-order valence-corrected chi connectivity index (χ0v) is 9.93. The van der Waals surface area contributed by atoms with Gasteiger partial charge in [0.25, 0.3) is 0 Å². The van der Waals surface area contributed by atoms with Gasteiger partial charge >= 0.3 is 0 Å². The van der Waals surface area contributed by atoms with Crippen LogP contribution in [0.15, 0.2) is 0 Å². The molecule has 0 unspecified atom stereocenters. The van der Waals surface area contributed by atoms with Gasteiger partial charge in [-0.15, -0.1) is 0 Å². The van der Waals surface area contributed by atoms with Crippen molar-refractivity contribution in [3.63, 3.8) is 0 Å². The van der Waals surface area contributed by atoms with E-state index in [-0.39, 0.29) is 24.7 Å². The summed E-state index contributed by atoms with van der Waals surface area (Å²) >= 11 is 0. The Hall–Kier alpha value is -1.06. The van der Waals surface area contributed by atoms with Crippen LogP contribution in [0.3, 0.4) is 0 Å². The van der Waals surface area contributed by atoms with Crippen LogP contribution in [0.1, 0.15) is 40.0 Å². The Bertz CT molecular complexity index is 203. The van der Waals surface area contributed by atoms with Gasteiger partial charge in [0.1, 0.15) is 0 Å². The van der Waals surface area contributed by atoms with Crippen LogP contribution in [0.2, 0.25) is 0 Å². The normalized spacial score (nSPS) is 10.1. The van der Waals surface area contributed by atoms with Gasteiger partial charge in [-0.05, 0) is 12.3 Å². The minimum Gasteiger partial charge on any atom is -0.356 e. The van der Waals surface area contributed by atoms with Crippen LogP contribution >= 0.6 is 0 Å². The van der Waals surface area contributed by atoms with E-state index in [1.54, 1.807) is 0 Å². The van der Waals surface area contributed by atoms with Crippen molar-refractivity contribution in [2.45, 2.75) is 40.0 Å². The molecular weight excluding hydrogens is 192 g/mol. The molecule has 0 radical (unpaired) electrons. The maximum absolute atomic E-state index is 11.2. The van der Waals surface area contributed by atoms with Gasteiger partial charge in [-0.25, -0.2) is 0 Å². The van der Waals surface area contributed by atoms with Gasteiger partial charge in [-0.2, -0.15) is 0 Å². The Kier molecular flexibility index (Phi) is 7.68. The van der Waals surface area contributed by atoms with Crippen molar-refractivity contribution in [1.29, 1.82) is 0 Å². The SMILES string of the molecule is CCCNC(=O)CCC(=O)NCC(C)C. The Morgan fingerprint density at radius 1 is 1.07 bits per heavy atom. The van der Waals surface area contributed by atoms with Gasteiger partial charge in [0.15, 0.2) is 0 Å². The molecule has 0 fully saturated rings. The molecule has 0 spiro atoms. The molecule has 0 rings (SSSR count). The van der Waals surface area contributed by atoms with Crippen molar-refractivity contribution in [2.24, 2.45) is 5.92 Å². The quantitative estimate of drug-likeness (QED) is 0.666. The third-order valence-corrected chi connectivity index (χ3v) is 1.86. The first-order valence-corrected chi connectivity index (χ1v) is 5.59. The van der Waals surface area contributed by atoms with Crippen LogP contribution in [-0.2, 0) is 9.59 Å². The van der Waals surface area contributed by atoms with Crippen LogP contribution < -0.4 is 10.6 Å². The minimum absolute atomic E-state index is 0.0449. The molecule has 88 valence electrons. The molecule has 0 heterocycles. The molecule has 2 N–H and O–H groups in total. The lowest BCUT2D eigenvalue weighted by molar-refractivity contribution is -0.126. The summed E-state index contributed by atoms with van der Waals surface area (Å²) in [5.41, 5.74) is 0. The molecule has 4 nitrogen and oxygen atoms in total. The van der Waals surface area contributed by atoms with Crippen LogP contribution in [0.4, 0.5) is 0 Å². The highest BCUT2D eigenvalue weighted by Gasteiger charge is 2.06. The first-order valence-electron chi connectivity index (χ1n) is 5.59. The zero-order chi connectivity index (χ0) is 11.7. The monoisotopic (exact) mass is 214 g/mol. The van der Waals surface area contributed by atoms with Gasteiger partial charge in [0.05, 0.1) is 0 Å². The summed E-state index contributed by atoms with van der Waals surface area (Å²) in [5, 5.41) is 5.51. The van der Waals surface area contributed by atoms with Crippen molar-refractivity contribution in [3.8, 4) is 0 Å². The standard InChI is InChI=1S/C11H22N2O2/c1-4-7-12-10(14)5-6-11(15)13-8-9(2)3/h9H,4-8H2,1-3H3,(H,12,14)(H,13,15). The lowest BCUT2D eigenvalue weighted by Gasteiger charge is -2.07. The van der Waals surface area contributed by atoms with E-state index in [4.69, 9.17) is 0 Å². The minimum atomic E-state index is -0.0460. The van der Waals surface area contributed by atoms with E-state index in [0.29, 0.717) is 19.0 Å². The highest BCUT2D eigenvalue weighted by Crippen LogP contribution is 1.92. The van der Waals surface area contributed by atoms with E-state index in [1.165, 1.54) is 0 Å². The summed E-state index contributed by atoms with van der Waals surface area (Å²) in [4.78, 5) is 22.4. The predicted octanol–water partition coefficient (Wildman–Crippen LogP) is 1.06. The molecule has 0 aliphatic carbocycles. The fraction of sp³-hybridized carbons (Fsp3) is 0.818. The Morgan fingerprint density at radius 2 is 1.60 bits per heavy atom. The van der Waals surface area contributed by atoms with Crippen LogP contribution in [-0.4, -0.2) is 24.9 Å². The second-order valence-electron chi connectivity index (χ2n) is 4.05. The van der Waals surface area contributed by atoms with E-state index < -0.39 is 0 Å². The highest BCUT2D eigenvalue weighted by atomic mass is 16.2. The molecule has 0 aromatic heterocycles. The van der Waals surface area contributed by atoms with Gasteiger partial charge in [0.2, 0.25) is 11.8 Å². The summed E-state index contributed by atoms with van der Waals surface area (Å²) in [5.74, 6) is 0.356. The van der Waals surface area contributed by atoms with Gasteiger partial charge in [-0.3, -0.25) is 9.59 Å². The molecular formula is C11H22N2O2. The van der Waals surface area contributed by atoms with Gasteiger partial charge in [-0.1, -0.05) is 20.8 Å². The van der Waals surface area contributed by atoms with E-state index in [9.17, 15) is 9.59 Å². The molecule has 0 aliphatic heterocycles. The Labute approximate surface area is 91.8 Å². The molecule has 4 heteroatoms. The summed E-state index contributed by atoms with van der Waals surface area (Å²) in [6, 6.07) is 0. The van der Waals surface area contributed by atoms with Gasteiger partial charge < -0.3 is 10.6 Å². The summed E-state index contributed by atoms with van der Waals surface area (Å²) < 4.78 is 0. The van der Waals surface area contributed by atoms with Crippen LogP contribution in [0.5, 0.6) is 0 Å². The number of hydrogen-bond donors (Lipinski definition) is 2. The molecule has 0 aromatic carbocycles. The van der Waals surface area contributed by atoms with Crippen molar-refractivity contribution < 1.29 is 9.59 Å². The largest absolute Gasteiger partial charge is 0.356 e. The molecule has 0 aliphatic rings. The second-order valence-corrected chi connectivity index (χ2v) is 4.05. The number of nitrogens with one attached hydrogen (secondary N) is 2. The highest BCUT2D eigenvalue weighted by molar-refractivity contribution is 5.83. The fourth-order valence-corrected chi connectivity index (χ4v) is 0.986. The molecule has 0 saturated carbocycles. The molecule has 0 atom stereocenters. The molecule has 15 heavy (non-hydrogen) atoms. The smallest absolute Gasteiger partial charge is 0.220 e. The second kappa shape index (κ2) is 8.26.